The Balaban J connectivity index is 2.47. The summed E-state index contributed by atoms with van der Waals surface area (Å²) in [5.74, 6) is -1.57. The van der Waals surface area contributed by atoms with Crippen molar-refractivity contribution in [3.05, 3.63) is 41.8 Å². The van der Waals surface area contributed by atoms with E-state index in [9.17, 15) is 0 Å². The largest absolute Gasteiger partial charge is 0.242 e. The predicted molar refractivity (Wildman–Crippen MR) is 70.9 cm³/mol. The minimum absolute atomic E-state index is 0.387. The van der Waals surface area contributed by atoms with Crippen molar-refractivity contribution in [2.75, 3.05) is 0 Å². The maximum atomic E-state index is 8.42. The molecule has 0 aliphatic rings. The van der Waals surface area contributed by atoms with Crippen LogP contribution in [0.2, 0.25) is 0 Å². The highest BCUT2D eigenvalue weighted by Gasteiger charge is 2.09. The monoisotopic (exact) mass is 328 g/mol. The third-order valence-corrected chi connectivity index (χ3v) is 1.87. The van der Waals surface area contributed by atoms with Crippen LogP contribution in [-0.2, 0) is 0 Å². The molecule has 20 nitrogen and oxygen atoms in total. The van der Waals surface area contributed by atoms with Crippen molar-refractivity contribution in [1.82, 2.24) is 29.7 Å². The van der Waals surface area contributed by atoms with Gasteiger partial charge in [-0.3, -0.25) is 0 Å². The van der Waals surface area contributed by atoms with Crippen LogP contribution in [0.1, 0.15) is 0 Å². The summed E-state index contributed by atoms with van der Waals surface area (Å²) in [5, 5.41) is 26.6. The van der Waals surface area contributed by atoms with Crippen molar-refractivity contribution in [2.45, 2.75) is 0 Å². The van der Waals surface area contributed by atoms with Crippen molar-refractivity contribution >= 4 is 23.8 Å². The fourth-order valence-electron chi connectivity index (χ4n) is 1.14. The highest BCUT2D eigenvalue weighted by atomic mass is 15.7. The Kier molecular flexibility index (Phi) is 4.67. The quantitative estimate of drug-likeness (QED) is 0.437. The SMILES string of the molecule is [N-]=[N+]=Nc1nc(N=[N+]=[N-])n(/N=N/n2nc(N=[N+]=[N-])nc2N=[N+]=[N-])n1. The third kappa shape index (κ3) is 3.41. The van der Waals surface area contributed by atoms with Crippen LogP contribution >= 0.6 is 0 Å². The fraction of sp³-hybridized carbons (Fsp3) is 0. The molecule has 0 radical (unpaired) electrons. The maximum Gasteiger partial charge on any atom is 0.242 e. The molecule has 0 aliphatic heterocycles. The van der Waals surface area contributed by atoms with Gasteiger partial charge in [0.15, 0.2) is 0 Å². The molecular weight excluding hydrogens is 328 g/mol. The van der Waals surface area contributed by atoms with Gasteiger partial charge in [0.1, 0.15) is 0 Å². The van der Waals surface area contributed by atoms with Gasteiger partial charge < -0.3 is 0 Å². The first-order chi connectivity index (χ1) is 11.7. The van der Waals surface area contributed by atoms with Gasteiger partial charge in [0.05, 0.1) is 0 Å². The number of aromatic nitrogens is 6. The molecule has 2 aromatic rings. The molecule has 116 valence electrons. The molecule has 0 amide bonds. The van der Waals surface area contributed by atoms with Gasteiger partial charge in [-0.2, -0.15) is 0 Å². The number of hydrogen-bond acceptors (Lipinski definition) is 10. The van der Waals surface area contributed by atoms with Crippen molar-refractivity contribution in [3.8, 4) is 0 Å². The Morgan fingerprint density at radius 2 is 1.00 bits per heavy atom. The molecule has 0 spiro atoms. The molecule has 0 bridgehead atoms. The van der Waals surface area contributed by atoms with Crippen LogP contribution in [0.15, 0.2) is 30.9 Å². The molecule has 2 rings (SSSR count). The summed E-state index contributed by atoms with van der Waals surface area (Å²) in [4.78, 5) is 18.2. The lowest BCUT2D eigenvalue weighted by Crippen LogP contribution is -1.94. The van der Waals surface area contributed by atoms with E-state index < -0.39 is 11.9 Å². The van der Waals surface area contributed by atoms with Crippen LogP contribution in [0.3, 0.4) is 0 Å². The van der Waals surface area contributed by atoms with E-state index in [1.807, 2.05) is 0 Å². The number of hydrogen-bond donors (Lipinski definition) is 0. The Morgan fingerprint density at radius 1 is 0.625 bits per heavy atom. The smallest absolute Gasteiger partial charge is 0.202 e. The normalized spacial score (nSPS) is 9.50. The van der Waals surface area contributed by atoms with E-state index in [2.05, 4.69) is 70.7 Å². The first-order valence-corrected chi connectivity index (χ1v) is 5.28. The molecule has 0 aromatic carbocycles. The van der Waals surface area contributed by atoms with E-state index in [0.717, 1.165) is 0 Å². The summed E-state index contributed by atoms with van der Waals surface area (Å²) in [6.45, 7) is 0. The first kappa shape index (κ1) is 15.5. The van der Waals surface area contributed by atoms with Gasteiger partial charge in [-0.05, 0) is 53.0 Å². The molecule has 0 saturated carbocycles. The van der Waals surface area contributed by atoms with E-state index in [0.29, 0.717) is 9.58 Å². The molecule has 0 N–H and O–H groups in total. The summed E-state index contributed by atoms with van der Waals surface area (Å²) in [6, 6.07) is 0. The molecule has 0 fully saturated rings. The first-order valence-electron chi connectivity index (χ1n) is 5.28. The average Bonchev–Trinajstić information content (AvgIpc) is 3.11. The summed E-state index contributed by atoms with van der Waals surface area (Å²) < 4.78 is 0. The van der Waals surface area contributed by atoms with Crippen molar-refractivity contribution in [3.63, 3.8) is 0 Å². The predicted octanol–water partition coefficient (Wildman–Crippen LogP) is 3.32. The Labute approximate surface area is 127 Å². The van der Waals surface area contributed by atoms with Crippen molar-refractivity contribution in [2.24, 2.45) is 30.9 Å². The Morgan fingerprint density at radius 3 is 1.33 bits per heavy atom. The van der Waals surface area contributed by atoms with Gasteiger partial charge in [-0.15, -0.1) is 19.8 Å². The zero-order valence-electron chi connectivity index (χ0n) is 10.9. The summed E-state index contributed by atoms with van der Waals surface area (Å²) in [7, 11) is 0. The van der Waals surface area contributed by atoms with Crippen LogP contribution < -0.4 is 0 Å². The molecule has 20 heteroatoms. The highest BCUT2D eigenvalue weighted by Crippen LogP contribution is 2.17. The molecule has 24 heavy (non-hydrogen) atoms. The second-order valence-electron chi connectivity index (χ2n) is 3.14. The van der Waals surface area contributed by atoms with Crippen LogP contribution in [0.5, 0.6) is 0 Å². The maximum absolute atomic E-state index is 8.42. The lowest BCUT2D eigenvalue weighted by atomic mass is 11.0. The minimum atomic E-state index is -0.399. The van der Waals surface area contributed by atoms with Gasteiger partial charge in [-0.25, -0.2) is 9.97 Å². The molecule has 0 atom stereocenters. The van der Waals surface area contributed by atoms with E-state index in [1.165, 1.54) is 0 Å². The molecule has 2 aromatic heterocycles. The van der Waals surface area contributed by atoms with Gasteiger partial charge in [0.25, 0.3) is 0 Å². The van der Waals surface area contributed by atoms with E-state index in [1.54, 1.807) is 0 Å². The lowest BCUT2D eigenvalue weighted by molar-refractivity contribution is 0.593. The Bertz CT molecular complexity index is 891. The average molecular weight is 328 g/mol. The second-order valence-corrected chi connectivity index (χ2v) is 3.14. The molecule has 0 unspecified atom stereocenters. The van der Waals surface area contributed by atoms with Gasteiger partial charge in [-0.1, -0.05) is 0 Å². The van der Waals surface area contributed by atoms with Crippen molar-refractivity contribution in [1.29, 1.82) is 0 Å². The molecule has 0 saturated heterocycles. The molecule has 0 aliphatic carbocycles. The van der Waals surface area contributed by atoms with Crippen molar-refractivity contribution < 1.29 is 0 Å². The zero-order chi connectivity index (χ0) is 17.4. The lowest BCUT2D eigenvalue weighted by Gasteiger charge is -1.92. The van der Waals surface area contributed by atoms with Gasteiger partial charge in [0, 0.05) is 19.6 Å². The molecular formula is C4N20. The fourth-order valence-corrected chi connectivity index (χ4v) is 1.14. The minimum Gasteiger partial charge on any atom is -0.202 e. The van der Waals surface area contributed by atoms with Crippen LogP contribution in [-0.4, -0.2) is 29.7 Å². The molecule has 2 heterocycles. The highest BCUT2D eigenvalue weighted by molar-refractivity contribution is 5.26. The number of azide groups is 4. The van der Waals surface area contributed by atoms with E-state index in [4.69, 9.17) is 22.1 Å². The summed E-state index contributed by atoms with van der Waals surface area (Å²) >= 11 is 0. The number of rotatable bonds is 6. The van der Waals surface area contributed by atoms with Gasteiger partial charge in [0.2, 0.25) is 23.8 Å². The zero-order valence-corrected chi connectivity index (χ0v) is 10.9. The topological polar surface area (TPSA) is 281 Å². The van der Waals surface area contributed by atoms with Crippen LogP contribution in [0.25, 0.3) is 41.8 Å². The van der Waals surface area contributed by atoms with E-state index in [-0.39, 0.29) is 11.9 Å². The third-order valence-electron chi connectivity index (χ3n) is 1.87. The summed E-state index contributed by atoms with van der Waals surface area (Å²) in [5.41, 5.74) is 33.5. The Hall–Kier alpha value is -4.88. The standard InChI is InChI=1S/C4N20/c5-17-11-1-9-3(13-19-7)23(15-1)21-22-24-4(14-20-8)10-2(16-24)12-18-6/b22-21+. The summed E-state index contributed by atoms with van der Waals surface area (Å²) in [6.07, 6.45) is 0. The van der Waals surface area contributed by atoms with Gasteiger partial charge >= 0.3 is 0 Å². The second kappa shape index (κ2) is 7.22. The number of nitrogens with zero attached hydrogens (tertiary/aromatic N) is 20. The van der Waals surface area contributed by atoms with Crippen LogP contribution in [0, 0.1) is 0 Å². The van der Waals surface area contributed by atoms with E-state index >= 15 is 0 Å². The van der Waals surface area contributed by atoms with Crippen LogP contribution in [0.4, 0.5) is 23.8 Å².